The molecule has 0 bridgehead atoms. The molecule has 2 heteroatoms. The maximum Gasteiger partial charge on any atom is 0.0273 e. The fourth-order valence-corrected chi connectivity index (χ4v) is 1.83. The molecule has 1 heterocycles. The molecule has 9 heavy (non-hydrogen) atoms. The molecule has 2 nitrogen and oxygen atoms in total. The van der Waals surface area contributed by atoms with Crippen LogP contribution in [-0.4, -0.2) is 26.4 Å². The van der Waals surface area contributed by atoms with Gasteiger partial charge in [0.05, 0.1) is 0 Å². The number of nitrogens with zero attached hydrogens (tertiary/aromatic N) is 1. The third kappa shape index (κ3) is 0.628. The Bertz CT molecular complexity index is 153. The molecule has 0 aromatic rings. The Labute approximate surface area is 55.4 Å². The smallest absolute Gasteiger partial charge is 0.0273 e. The number of aliphatic imine (C=N–C) groups is 1. The molecule has 1 saturated heterocycles. The van der Waals surface area contributed by atoms with Crippen molar-refractivity contribution >= 4 is 6.21 Å². The van der Waals surface area contributed by atoms with E-state index in [0.29, 0.717) is 5.41 Å². The average molecular weight is 124 g/mol. The Balaban J connectivity index is 2.10. The summed E-state index contributed by atoms with van der Waals surface area (Å²) in [5, 5.41) is 3.36. The average Bonchev–Trinajstić information content (AvgIpc) is 2.37. The normalized spacial score (nSPS) is 47.9. The third-order valence-electron chi connectivity index (χ3n) is 2.51. The lowest BCUT2D eigenvalue weighted by molar-refractivity contribution is 0.689. The van der Waals surface area contributed by atoms with Crippen molar-refractivity contribution in [3.05, 3.63) is 0 Å². The van der Waals surface area contributed by atoms with Crippen molar-refractivity contribution in [3.63, 3.8) is 0 Å². The van der Waals surface area contributed by atoms with Gasteiger partial charge in [0, 0.05) is 25.2 Å². The highest BCUT2D eigenvalue weighted by atomic mass is 15.0. The number of hydrogen-bond acceptors (Lipinski definition) is 2. The van der Waals surface area contributed by atoms with Gasteiger partial charge in [-0.3, -0.25) is 0 Å². The Kier molecular flexibility index (Phi) is 0.943. The Morgan fingerprint density at radius 2 is 2.67 bits per heavy atom. The van der Waals surface area contributed by atoms with E-state index in [4.69, 9.17) is 0 Å². The summed E-state index contributed by atoms with van der Waals surface area (Å²) < 4.78 is 0. The van der Waals surface area contributed by atoms with Gasteiger partial charge in [0.2, 0.25) is 0 Å². The van der Waals surface area contributed by atoms with Crippen molar-refractivity contribution in [1.29, 1.82) is 0 Å². The summed E-state index contributed by atoms with van der Waals surface area (Å²) in [4.78, 5) is 4.07. The molecule has 0 spiro atoms. The van der Waals surface area contributed by atoms with Gasteiger partial charge in [-0.2, -0.15) is 0 Å². The van der Waals surface area contributed by atoms with Crippen LogP contribution in [0.1, 0.15) is 6.42 Å². The molecule has 2 aliphatic rings. The van der Waals surface area contributed by atoms with Crippen LogP contribution < -0.4 is 5.32 Å². The fourth-order valence-electron chi connectivity index (χ4n) is 1.83. The van der Waals surface area contributed by atoms with Crippen LogP contribution in [0.25, 0.3) is 0 Å². The molecule has 0 aromatic heterocycles. The molecule has 1 aliphatic heterocycles. The highest BCUT2D eigenvalue weighted by Gasteiger charge is 2.55. The summed E-state index contributed by atoms with van der Waals surface area (Å²) >= 11 is 0. The predicted molar refractivity (Wildman–Crippen MR) is 37.8 cm³/mol. The lowest BCUT2D eigenvalue weighted by Gasteiger charge is -2.00. The Morgan fingerprint density at radius 3 is 3.11 bits per heavy atom. The van der Waals surface area contributed by atoms with Gasteiger partial charge in [-0.05, 0) is 18.9 Å². The zero-order valence-corrected chi connectivity index (χ0v) is 5.72. The Hall–Kier alpha value is -0.370. The van der Waals surface area contributed by atoms with Gasteiger partial charge in [0.15, 0.2) is 0 Å². The van der Waals surface area contributed by atoms with Gasteiger partial charge >= 0.3 is 0 Å². The van der Waals surface area contributed by atoms with Crippen molar-refractivity contribution in [2.24, 2.45) is 16.3 Å². The lowest BCUT2D eigenvalue weighted by atomic mass is 10.1. The first-order chi connectivity index (χ1) is 4.37. The molecule has 1 aliphatic carbocycles. The molecule has 0 radical (unpaired) electrons. The second-order valence-electron chi connectivity index (χ2n) is 3.15. The van der Waals surface area contributed by atoms with Gasteiger partial charge in [0.1, 0.15) is 0 Å². The minimum atomic E-state index is 0.509. The second kappa shape index (κ2) is 1.57. The van der Waals surface area contributed by atoms with Gasteiger partial charge in [-0.15, -0.1) is 0 Å². The molecule has 1 saturated carbocycles. The summed E-state index contributed by atoms with van der Waals surface area (Å²) in [5.41, 5.74) is 0.509. The molecule has 0 amide bonds. The molecule has 0 aromatic carbocycles. The summed E-state index contributed by atoms with van der Waals surface area (Å²) in [6.07, 6.45) is 3.50. The highest BCUT2D eigenvalue weighted by Crippen LogP contribution is 2.53. The van der Waals surface area contributed by atoms with Gasteiger partial charge in [-0.25, -0.2) is 0 Å². The first-order valence-corrected chi connectivity index (χ1v) is 3.51. The van der Waals surface area contributed by atoms with Crippen molar-refractivity contribution < 1.29 is 0 Å². The number of fused-ring (bicyclic) bond motifs is 1. The van der Waals surface area contributed by atoms with Crippen LogP contribution in [0.15, 0.2) is 4.99 Å². The topological polar surface area (TPSA) is 24.4 Å². The minimum absolute atomic E-state index is 0.509. The van der Waals surface area contributed by atoms with Crippen LogP contribution in [0.4, 0.5) is 0 Å². The molecular formula is C7H12N2. The van der Waals surface area contributed by atoms with Crippen LogP contribution in [-0.2, 0) is 0 Å². The van der Waals surface area contributed by atoms with E-state index in [1.54, 1.807) is 0 Å². The van der Waals surface area contributed by atoms with E-state index in [2.05, 4.69) is 16.5 Å². The van der Waals surface area contributed by atoms with Gasteiger partial charge in [-0.1, -0.05) is 0 Å². The number of nitrogens with one attached hydrogen (secondary N) is 1. The molecule has 2 fully saturated rings. The standard InChI is InChI=1S/C7H12N2/c1-8-4-7-2-6(7)3-9-5-7/h4,6,9H,2-3,5H2,1H3. The van der Waals surface area contributed by atoms with E-state index in [9.17, 15) is 0 Å². The quantitative estimate of drug-likeness (QED) is 0.499. The summed E-state index contributed by atoms with van der Waals surface area (Å²) in [6, 6.07) is 0. The van der Waals surface area contributed by atoms with Crippen LogP contribution >= 0.6 is 0 Å². The summed E-state index contributed by atoms with van der Waals surface area (Å²) in [7, 11) is 1.86. The van der Waals surface area contributed by atoms with E-state index >= 15 is 0 Å². The lowest BCUT2D eigenvalue weighted by Crippen LogP contribution is -2.16. The SMILES string of the molecule is CN=CC12CNCC1C2. The number of hydrogen-bond donors (Lipinski definition) is 1. The number of rotatable bonds is 1. The van der Waals surface area contributed by atoms with E-state index in [-0.39, 0.29) is 0 Å². The van der Waals surface area contributed by atoms with Crippen LogP contribution in [0, 0.1) is 11.3 Å². The minimum Gasteiger partial charge on any atom is -0.315 e. The van der Waals surface area contributed by atoms with E-state index in [1.807, 2.05) is 7.05 Å². The van der Waals surface area contributed by atoms with E-state index in [1.165, 1.54) is 13.0 Å². The predicted octanol–water partition coefficient (Wildman–Crippen LogP) is 0.296. The largest absolute Gasteiger partial charge is 0.315 e. The van der Waals surface area contributed by atoms with Crippen molar-refractivity contribution in [2.75, 3.05) is 20.1 Å². The summed E-state index contributed by atoms with van der Waals surface area (Å²) in [6.45, 7) is 2.38. The molecule has 50 valence electrons. The van der Waals surface area contributed by atoms with Crippen LogP contribution in [0.5, 0.6) is 0 Å². The van der Waals surface area contributed by atoms with Crippen LogP contribution in [0.3, 0.4) is 0 Å². The maximum absolute atomic E-state index is 4.07. The zero-order valence-electron chi connectivity index (χ0n) is 5.72. The van der Waals surface area contributed by atoms with E-state index < -0.39 is 0 Å². The fraction of sp³-hybridized carbons (Fsp3) is 0.857. The molecular weight excluding hydrogens is 112 g/mol. The summed E-state index contributed by atoms with van der Waals surface area (Å²) in [5.74, 6) is 0.918. The first-order valence-electron chi connectivity index (χ1n) is 3.51. The van der Waals surface area contributed by atoms with Gasteiger partial charge < -0.3 is 10.3 Å². The van der Waals surface area contributed by atoms with Crippen LogP contribution in [0.2, 0.25) is 0 Å². The number of piperidine rings is 1. The Morgan fingerprint density at radius 1 is 1.78 bits per heavy atom. The maximum atomic E-state index is 4.07. The second-order valence-corrected chi connectivity index (χ2v) is 3.15. The molecule has 2 rings (SSSR count). The van der Waals surface area contributed by atoms with E-state index in [0.717, 1.165) is 12.5 Å². The molecule has 2 unspecified atom stereocenters. The van der Waals surface area contributed by atoms with Gasteiger partial charge in [0.25, 0.3) is 0 Å². The van der Waals surface area contributed by atoms with Crippen molar-refractivity contribution in [2.45, 2.75) is 6.42 Å². The third-order valence-corrected chi connectivity index (χ3v) is 2.51. The zero-order chi connectivity index (χ0) is 6.32. The van der Waals surface area contributed by atoms with Crippen molar-refractivity contribution in [3.8, 4) is 0 Å². The van der Waals surface area contributed by atoms with Crippen molar-refractivity contribution in [1.82, 2.24) is 5.32 Å². The highest BCUT2D eigenvalue weighted by molar-refractivity contribution is 5.71. The molecule has 1 N–H and O–H groups in total. The monoisotopic (exact) mass is 124 g/mol. The molecule has 2 atom stereocenters. The first kappa shape index (κ1) is 5.42.